The van der Waals surface area contributed by atoms with E-state index < -0.39 is 10.0 Å². The van der Waals surface area contributed by atoms with Gasteiger partial charge in [-0.2, -0.15) is 5.10 Å². The van der Waals surface area contributed by atoms with Gasteiger partial charge in [-0.3, -0.25) is 9.40 Å². The van der Waals surface area contributed by atoms with Crippen LogP contribution in [-0.2, 0) is 10.0 Å². The molecule has 0 unspecified atom stereocenters. The lowest BCUT2D eigenvalue weighted by Gasteiger charge is -2.08. The summed E-state index contributed by atoms with van der Waals surface area (Å²) in [5.74, 6) is 0. The van der Waals surface area contributed by atoms with Gasteiger partial charge in [0.05, 0.1) is 11.9 Å². The van der Waals surface area contributed by atoms with Gasteiger partial charge in [0.15, 0.2) is 0 Å². The number of aromatic nitrogens is 2. The van der Waals surface area contributed by atoms with Crippen LogP contribution in [0.1, 0.15) is 25.5 Å². The summed E-state index contributed by atoms with van der Waals surface area (Å²) in [6.07, 6.45) is 3.17. The molecule has 0 atom stereocenters. The molecule has 1 aromatic heterocycles. The molecule has 7 heteroatoms. The van der Waals surface area contributed by atoms with Gasteiger partial charge in [0, 0.05) is 16.7 Å². The normalized spacial score (nSPS) is 11.8. The van der Waals surface area contributed by atoms with Crippen LogP contribution in [0.4, 0.5) is 5.69 Å². The third-order valence-corrected chi connectivity index (χ3v) is 5.12. The lowest BCUT2D eigenvalue weighted by atomic mass is 10.2. The Morgan fingerprint density at radius 3 is 2.60 bits per heavy atom. The van der Waals surface area contributed by atoms with E-state index in [0.29, 0.717) is 10.2 Å². The zero-order chi connectivity index (χ0) is 14.9. The van der Waals surface area contributed by atoms with E-state index >= 15 is 0 Å². The highest BCUT2D eigenvalue weighted by atomic mass is 79.9. The third kappa shape index (κ3) is 3.21. The number of halogens is 1. The standard InChI is InChI=1S/C13H16BrN3O2S/c1-9(2)17-8-11(7-15-17)16-20(18,19)13-5-4-10(3)6-12(13)14/h4-9,16H,1-3H3. The number of sulfonamides is 1. The Hall–Kier alpha value is -1.34. The van der Waals surface area contributed by atoms with Crippen molar-refractivity contribution < 1.29 is 8.42 Å². The summed E-state index contributed by atoms with van der Waals surface area (Å²) in [4.78, 5) is 0.209. The molecule has 0 spiro atoms. The van der Waals surface area contributed by atoms with Gasteiger partial charge in [-0.1, -0.05) is 6.07 Å². The second-order valence-electron chi connectivity index (χ2n) is 4.84. The minimum atomic E-state index is -3.62. The number of benzene rings is 1. The van der Waals surface area contributed by atoms with Crippen molar-refractivity contribution in [3.05, 3.63) is 40.6 Å². The molecule has 0 aliphatic heterocycles. The van der Waals surface area contributed by atoms with Crippen LogP contribution in [0.3, 0.4) is 0 Å². The summed E-state index contributed by atoms with van der Waals surface area (Å²) in [5.41, 5.74) is 1.44. The molecule has 2 aromatic rings. The maximum absolute atomic E-state index is 12.3. The number of nitrogens with one attached hydrogen (secondary N) is 1. The fraction of sp³-hybridized carbons (Fsp3) is 0.308. The summed E-state index contributed by atoms with van der Waals surface area (Å²) >= 11 is 3.28. The first kappa shape index (κ1) is 15.1. The molecule has 1 heterocycles. The Morgan fingerprint density at radius 1 is 1.35 bits per heavy atom. The average molecular weight is 358 g/mol. The summed E-state index contributed by atoms with van der Waals surface area (Å²) in [7, 11) is -3.62. The van der Waals surface area contributed by atoms with Gasteiger partial charge in [0.1, 0.15) is 4.90 Å². The molecular weight excluding hydrogens is 342 g/mol. The van der Waals surface area contributed by atoms with Gasteiger partial charge in [-0.15, -0.1) is 0 Å². The Kier molecular flexibility index (Phi) is 4.19. The van der Waals surface area contributed by atoms with Crippen molar-refractivity contribution in [3.8, 4) is 0 Å². The number of hydrogen-bond acceptors (Lipinski definition) is 3. The summed E-state index contributed by atoms with van der Waals surface area (Å²) < 4.78 is 29.4. The SMILES string of the molecule is Cc1ccc(S(=O)(=O)Nc2cnn(C(C)C)c2)c(Br)c1. The zero-order valence-electron chi connectivity index (χ0n) is 11.5. The van der Waals surface area contributed by atoms with Crippen LogP contribution < -0.4 is 4.72 Å². The zero-order valence-corrected chi connectivity index (χ0v) is 13.9. The summed E-state index contributed by atoms with van der Waals surface area (Å²) in [5, 5.41) is 4.11. The Labute approximate surface area is 127 Å². The number of aryl methyl sites for hydroxylation is 1. The summed E-state index contributed by atoms with van der Waals surface area (Å²) in [6.45, 7) is 5.85. The number of nitrogens with zero attached hydrogens (tertiary/aromatic N) is 2. The summed E-state index contributed by atoms with van der Waals surface area (Å²) in [6, 6.07) is 5.29. The number of rotatable bonds is 4. The maximum Gasteiger partial charge on any atom is 0.263 e. The fourth-order valence-corrected chi connectivity index (χ4v) is 3.93. The van der Waals surface area contributed by atoms with E-state index in [1.54, 1.807) is 29.1 Å². The first-order valence-corrected chi connectivity index (χ1v) is 8.40. The van der Waals surface area contributed by atoms with E-state index in [2.05, 4.69) is 25.8 Å². The molecule has 0 saturated carbocycles. The molecule has 0 aliphatic carbocycles. The largest absolute Gasteiger partial charge is 0.276 e. The molecule has 2 rings (SSSR count). The minimum absolute atomic E-state index is 0.180. The molecule has 0 bridgehead atoms. The minimum Gasteiger partial charge on any atom is -0.276 e. The van der Waals surface area contributed by atoms with Crippen molar-refractivity contribution in [1.29, 1.82) is 0 Å². The highest BCUT2D eigenvalue weighted by Gasteiger charge is 2.18. The smallest absolute Gasteiger partial charge is 0.263 e. The van der Waals surface area contributed by atoms with E-state index in [1.807, 2.05) is 20.8 Å². The van der Waals surface area contributed by atoms with Crippen LogP contribution in [-0.4, -0.2) is 18.2 Å². The van der Waals surface area contributed by atoms with Crippen LogP contribution in [0.2, 0.25) is 0 Å². The van der Waals surface area contributed by atoms with Gasteiger partial charge in [-0.25, -0.2) is 8.42 Å². The molecule has 0 fully saturated rings. The van der Waals surface area contributed by atoms with E-state index in [-0.39, 0.29) is 10.9 Å². The maximum atomic E-state index is 12.3. The molecular formula is C13H16BrN3O2S. The van der Waals surface area contributed by atoms with E-state index in [4.69, 9.17) is 0 Å². The van der Waals surface area contributed by atoms with Gasteiger partial charge >= 0.3 is 0 Å². The molecule has 1 aromatic carbocycles. The fourth-order valence-electron chi connectivity index (χ4n) is 1.71. The van der Waals surface area contributed by atoms with Crippen molar-refractivity contribution in [1.82, 2.24) is 9.78 Å². The number of anilines is 1. The molecule has 20 heavy (non-hydrogen) atoms. The molecule has 108 valence electrons. The van der Waals surface area contributed by atoms with Gasteiger partial charge in [0.25, 0.3) is 10.0 Å². The third-order valence-electron chi connectivity index (χ3n) is 2.76. The van der Waals surface area contributed by atoms with Gasteiger partial charge in [0.2, 0.25) is 0 Å². The molecule has 0 amide bonds. The van der Waals surface area contributed by atoms with Crippen molar-refractivity contribution in [2.75, 3.05) is 4.72 Å². The topological polar surface area (TPSA) is 64.0 Å². The molecule has 0 radical (unpaired) electrons. The second-order valence-corrected chi connectivity index (χ2v) is 7.35. The average Bonchev–Trinajstić information content (AvgIpc) is 2.76. The van der Waals surface area contributed by atoms with Crippen LogP contribution in [0.25, 0.3) is 0 Å². The lowest BCUT2D eigenvalue weighted by Crippen LogP contribution is -2.13. The van der Waals surface area contributed by atoms with Crippen molar-refractivity contribution in [2.24, 2.45) is 0 Å². The molecule has 0 aliphatic rings. The highest BCUT2D eigenvalue weighted by Crippen LogP contribution is 2.25. The van der Waals surface area contributed by atoms with Crippen LogP contribution in [0.5, 0.6) is 0 Å². The van der Waals surface area contributed by atoms with E-state index in [0.717, 1.165) is 5.56 Å². The van der Waals surface area contributed by atoms with E-state index in [1.165, 1.54) is 6.20 Å². The Bertz CT molecular complexity index is 723. The van der Waals surface area contributed by atoms with Crippen LogP contribution in [0.15, 0.2) is 40.0 Å². The monoisotopic (exact) mass is 357 g/mol. The predicted molar refractivity (Wildman–Crippen MR) is 82.3 cm³/mol. The molecule has 1 N–H and O–H groups in total. The number of hydrogen-bond donors (Lipinski definition) is 1. The molecule has 0 saturated heterocycles. The predicted octanol–water partition coefficient (Wildman–Crippen LogP) is 3.34. The lowest BCUT2D eigenvalue weighted by molar-refractivity contribution is 0.532. The van der Waals surface area contributed by atoms with Gasteiger partial charge in [-0.05, 0) is 54.4 Å². The first-order chi connectivity index (χ1) is 9.29. The Balaban J connectivity index is 2.30. The van der Waals surface area contributed by atoms with Crippen LogP contribution >= 0.6 is 15.9 Å². The van der Waals surface area contributed by atoms with Crippen molar-refractivity contribution in [3.63, 3.8) is 0 Å². The quantitative estimate of drug-likeness (QED) is 0.912. The Morgan fingerprint density at radius 2 is 2.05 bits per heavy atom. The highest BCUT2D eigenvalue weighted by molar-refractivity contribution is 9.10. The second kappa shape index (κ2) is 5.57. The van der Waals surface area contributed by atoms with Crippen molar-refractivity contribution >= 4 is 31.6 Å². The van der Waals surface area contributed by atoms with E-state index in [9.17, 15) is 8.42 Å². The molecule has 5 nitrogen and oxygen atoms in total. The van der Waals surface area contributed by atoms with Crippen molar-refractivity contribution in [2.45, 2.75) is 31.7 Å². The van der Waals surface area contributed by atoms with Crippen LogP contribution in [0, 0.1) is 6.92 Å². The first-order valence-electron chi connectivity index (χ1n) is 6.13. The van der Waals surface area contributed by atoms with Gasteiger partial charge < -0.3 is 0 Å².